The minimum absolute atomic E-state index is 0.0323. The predicted molar refractivity (Wildman–Crippen MR) is 66.6 cm³/mol. The fourth-order valence-electron chi connectivity index (χ4n) is 2.28. The highest BCUT2D eigenvalue weighted by atomic mass is 16.6. The molecule has 2 rings (SSSR count). The molecule has 6 nitrogen and oxygen atoms in total. The van der Waals surface area contributed by atoms with Gasteiger partial charge in [0.05, 0.1) is 11.0 Å². The monoisotopic (exact) mass is 249 g/mol. The molecule has 1 atom stereocenters. The van der Waals surface area contributed by atoms with E-state index in [0.717, 1.165) is 25.8 Å². The molecule has 0 radical (unpaired) electrons. The Kier molecular flexibility index (Phi) is 3.55. The summed E-state index contributed by atoms with van der Waals surface area (Å²) in [6.45, 7) is 2.35. The first kappa shape index (κ1) is 12.5. The highest BCUT2D eigenvalue weighted by molar-refractivity contribution is 5.84. The molecule has 96 valence electrons. The molecular formula is C12H15N3O3. The van der Waals surface area contributed by atoms with Crippen LogP contribution in [0.2, 0.25) is 0 Å². The molecule has 0 saturated carbocycles. The van der Waals surface area contributed by atoms with Gasteiger partial charge in [-0.25, -0.2) is 4.98 Å². The van der Waals surface area contributed by atoms with Crippen LogP contribution in [0.1, 0.15) is 26.2 Å². The molecule has 1 aromatic heterocycles. The first-order valence-corrected chi connectivity index (χ1v) is 5.97. The van der Waals surface area contributed by atoms with Gasteiger partial charge >= 0.3 is 0 Å². The van der Waals surface area contributed by atoms with Crippen LogP contribution in [-0.4, -0.2) is 28.3 Å². The summed E-state index contributed by atoms with van der Waals surface area (Å²) in [7, 11) is 0. The number of anilines is 1. The van der Waals surface area contributed by atoms with Crippen molar-refractivity contribution in [2.75, 3.05) is 11.4 Å². The van der Waals surface area contributed by atoms with Crippen LogP contribution in [0, 0.1) is 10.1 Å². The van der Waals surface area contributed by atoms with Crippen LogP contribution in [-0.2, 0) is 4.79 Å². The van der Waals surface area contributed by atoms with E-state index < -0.39 is 4.92 Å². The zero-order valence-electron chi connectivity index (χ0n) is 10.2. The number of rotatable bonds is 3. The van der Waals surface area contributed by atoms with E-state index in [1.165, 1.54) is 12.3 Å². The van der Waals surface area contributed by atoms with E-state index in [0.29, 0.717) is 5.82 Å². The van der Waals surface area contributed by atoms with E-state index in [2.05, 4.69) is 4.98 Å². The second-order valence-corrected chi connectivity index (χ2v) is 4.45. The van der Waals surface area contributed by atoms with E-state index >= 15 is 0 Å². The maximum atomic E-state index is 11.6. The molecule has 0 bridgehead atoms. The summed E-state index contributed by atoms with van der Waals surface area (Å²) in [6, 6.07) is 2.89. The molecule has 18 heavy (non-hydrogen) atoms. The Morgan fingerprint density at radius 2 is 2.28 bits per heavy atom. The Morgan fingerprint density at radius 1 is 1.50 bits per heavy atom. The predicted octanol–water partition coefficient (Wildman–Crippen LogP) is 1.94. The topological polar surface area (TPSA) is 76.3 Å². The number of ketones is 1. The molecule has 2 heterocycles. The minimum Gasteiger partial charge on any atom is -0.347 e. The summed E-state index contributed by atoms with van der Waals surface area (Å²) >= 11 is 0. The zero-order chi connectivity index (χ0) is 13.1. The molecule has 0 N–H and O–H groups in total. The van der Waals surface area contributed by atoms with Crippen LogP contribution in [0.5, 0.6) is 0 Å². The number of aromatic nitrogens is 1. The van der Waals surface area contributed by atoms with Gasteiger partial charge in [0.15, 0.2) is 5.78 Å². The van der Waals surface area contributed by atoms with Crippen molar-refractivity contribution in [2.24, 2.45) is 0 Å². The van der Waals surface area contributed by atoms with Crippen molar-refractivity contribution in [1.82, 2.24) is 4.98 Å². The molecule has 1 aliphatic heterocycles. The number of Topliss-reactive ketones (excluding diaryl/α,β-unsaturated/α-hetero) is 1. The van der Waals surface area contributed by atoms with Crippen LogP contribution in [0.4, 0.5) is 11.5 Å². The number of hydrogen-bond acceptors (Lipinski definition) is 5. The third kappa shape index (κ3) is 2.47. The summed E-state index contributed by atoms with van der Waals surface area (Å²) in [5, 5.41) is 10.6. The lowest BCUT2D eigenvalue weighted by molar-refractivity contribution is -0.385. The summed E-state index contributed by atoms with van der Waals surface area (Å²) in [5.74, 6) is 0.760. The molecular weight excluding hydrogens is 234 g/mol. The van der Waals surface area contributed by atoms with E-state index in [4.69, 9.17) is 0 Å². The SMILES string of the molecule is CC(=O)C1CCCCN1c1ccc([N+](=O)[O-])cn1. The van der Waals surface area contributed by atoms with Gasteiger partial charge in [-0.2, -0.15) is 0 Å². The Bertz CT molecular complexity index is 458. The zero-order valence-corrected chi connectivity index (χ0v) is 10.2. The smallest absolute Gasteiger partial charge is 0.287 e. The maximum absolute atomic E-state index is 11.6. The number of hydrogen-bond donors (Lipinski definition) is 0. The van der Waals surface area contributed by atoms with Gasteiger partial charge in [0.25, 0.3) is 5.69 Å². The van der Waals surface area contributed by atoms with Crippen molar-refractivity contribution in [3.63, 3.8) is 0 Å². The van der Waals surface area contributed by atoms with E-state index in [1.54, 1.807) is 13.0 Å². The molecule has 0 amide bonds. The Labute approximate surface area is 105 Å². The van der Waals surface area contributed by atoms with Crippen molar-refractivity contribution in [3.8, 4) is 0 Å². The molecule has 1 aromatic rings. The maximum Gasteiger partial charge on any atom is 0.287 e. The number of carbonyl (C=O) groups excluding carboxylic acids is 1. The minimum atomic E-state index is -0.477. The number of carbonyl (C=O) groups is 1. The Hall–Kier alpha value is -1.98. The van der Waals surface area contributed by atoms with Gasteiger partial charge in [-0.3, -0.25) is 14.9 Å². The van der Waals surface area contributed by atoms with Gasteiger partial charge in [-0.1, -0.05) is 0 Å². The lowest BCUT2D eigenvalue weighted by Gasteiger charge is -2.34. The Morgan fingerprint density at radius 3 is 2.83 bits per heavy atom. The second kappa shape index (κ2) is 5.12. The van der Waals surface area contributed by atoms with Crippen molar-refractivity contribution < 1.29 is 9.72 Å². The van der Waals surface area contributed by atoms with Crippen molar-refractivity contribution >= 4 is 17.3 Å². The highest BCUT2D eigenvalue weighted by Crippen LogP contribution is 2.24. The van der Waals surface area contributed by atoms with Crippen LogP contribution < -0.4 is 4.90 Å². The largest absolute Gasteiger partial charge is 0.347 e. The van der Waals surface area contributed by atoms with Gasteiger partial charge in [0.1, 0.15) is 12.0 Å². The van der Waals surface area contributed by atoms with Gasteiger partial charge in [-0.05, 0) is 32.3 Å². The third-order valence-electron chi connectivity index (χ3n) is 3.21. The lowest BCUT2D eigenvalue weighted by Crippen LogP contribution is -2.44. The number of piperidine rings is 1. The second-order valence-electron chi connectivity index (χ2n) is 4.45. The van der Waals surface area contributed by atoms with Gasteiger partial charge in [0.2, 0.25) is 0 Å². The van der Waals surface area contributed by atoms with E-state index in [9.17, 15) is 14.9 Å². The van der Waals surface area contributed by atoms with Gasteiger partial charge < -0.3 is 4.90 Å². The lowest BCUT2D eigenvalue weighted by atomic mass is 9.99. The number of nitrogens with zero attached hydrogens (tertiary/aromatic N) is 3. The number of nitro groups is 1. The fraction of sp³-hybridized carbons (Fsp3) is 0.500. The van der Waals surface area contributed by atoms with Crippen LogP contribution in [0.3, 0.4) is 0 Å². The van der Waals surface area contributed by atoms with Crippen molar-refractivity contribution in [3.05, 3.63) is 28.4 Å². The molecule has 1 fully saturated rings. The van der Waals surface area contributed by atoms with Crippen LogP contribution in [0.25, 0.3) is 0 Å². The highest BCUT2D eigenvalue weighted by Gasteiger charge is 2.27. The normalized spacial score (nSPS) is 19.6. The van der Waals surface area contributed by atoms with E-state index in [1.807, 2.05) is 4.90 Å². The molecule has 1 aliphatic rings. The molecule has 0 aromatic carbocycles. The van der Waals surface area contributed by atoms with Crippen molar-refractivity contribution in [1.29, 1.82) is 0 Å². The first-order chi connectivity index (χ1) is 8.59. The summed E-state index contributed by atoms with van der Waals surface area (Å²) in [4.78, 5) is 27.7. The quantitative estimate of drug-likeness (QED) is 0.604. The first-order valence-electron chi connectivity index (χ1n) is 5.97. The molecule has 6 heteroatoms. The fourth-order valence-corrected chi connectivity index (χ4v) is 2.28. The molecule has 0 aliphatic carbocycles. The average molecular weight is 249 g/mol. The molecule has 1 saturated heterocycles. The summed E-state index contributed by atoms with van der Waals surface area (Å²) in [5.41, 5.74) is -0.0323. The van der Waals surface area contributed by atoms with Gasteiger partial charge in [0, 0.05) is 12.6 Å². The van der Waals surface area contributed by atoms with Crippen LogP contribution in [0.15, 0.2) is 18.3 Å². The average Bonchev–Trinajstić information content (AvgIpc) is 2.39. The Balaban J connectivity index is 2.23. The third-order valence-corrected chi connectivity index (χ3v) is 3.21. The number of pyridine rings is 1. The molecule has 0 spiro atoms. The summed E-state index contributed by atoms with van der Waals surface area (Å²) in [6.07, 6.45) is 4.12. The van der Waals surface area contributed by atoms with E-state index in [-0.39, 0.29) is 17.5 Å². The van der Waals surface area contributed by atoms with Crippen LogP contribution >= 0.6 is 0 Å². The standard InChI is InChI=1S/C12H15N3O3/c1-9(16)11-4-2-3-7-14(11)12-6-5-10(8-13-12)15(17)18/h5-6,8,11H,2-4,7H2,1H3. The molecule has 1 unspecified atom stereocenters. The van der Waals surface area contributed by atoms with Gasteiger partial charge in [-0.15, -0.1) is 0 Å². The summed E-state index contributed by atoms with van der Waals surface area (Å²) < 4.78 is 0. The van der Waals surface area contributed by atoms with Crippen molar-refractivity contribution in [2.45, 2.75) is 32.2 Å².